The first-order valence-corrected chi connectivity index (χ1v) is 9.43. The molecule has 5 N–H and O–H groups in total. The molecule has 146 valence electrons. The summed E-state index contributed by atoms with van der Waals surface area (Å²) < 4.78 is 5.50. The summed E-state index contributed by atoms with van der Waals surface area (Å²) in [4.78, 5) is 16.8. The molecule has 2 aliphatic rings. The fourth-order valence-corrected chi connectivity index (χ4v) is 3.76. The summed E-state index contributed by atoms with van der Waals surface area (Å²) in [5.41, 5.74) is 15.0. The number of aromatic nitrogens is 4. The highest BCUT2D eigenvalue weighted by Crippen LogP contribution is 2.48. The standard InChI is InChI=1S/C20H20N8O/c21-18-23-8-13(9-24-18)12-2-4-15(5-3-12)20(6-1-7-20)17-27-16(29-28-17)14-10-25-19(22)26-11-14/h2-5,8,10-11H,1,6-7,9H2,(H3,21,23,24)(H2,22,25,26). The summed E-state index contributed by atoms with van der Waals surface area (Å²) in [7, 11) is 0. The number of aliphatic imine (C=N–C) groups is 1. The predicted molar refractivity (Wildman–Crippen MR) is 108 cm³/mol. The van der Waals surface area contributed by atoms with Crippen LogP contribution in [0.2, 0.25) is 0 Å². The lowest BCUT2D eigenvalue weighted by atomic mass is 9.64. The molecule has 2 aromatic heterocycles. The van der Waals surface area contributed by atoms with E-state index in [4.69, 9.17) is 16.0 Å². The van der Waals surface area contributed by atoms with Crippen molar-refractivity contribution in [3.05, 3.63) is 59.8 Å². The molecule has 9 heteroatoms. The highest BCUT2D eigenvalue weighted by atomic mass is 16.5. The van der Waals surface area contributed by atoms with Crippen LogP contribution in [0.3, 0.4) is 0 Å². The lowest BCUT2D eigenvalue weighted by molar-refractivity contribution is 0.273. The molecule has 0 unspecified atom stereocenters. The maximum Gasteiger partial charge on any atom is 0.261 e. The molecule has 5 rings (SSSR count). The van der Waals surface area contributed by atoms with E-state index in [9.17, 15) is 0 Å². The predicted octanol–water partition coefficient (Wildman–Crippen LogP) is 1.84. The number of hydrogen-bond acceptors (Lipinski definition) is 9. The minimum Gasteiger partial charge on any atom is -0.370 e. The van der Waals surface area contributed by atoms with Crippen LogP contribution in [-0.4, -0.2) is 32.6 Å². The van der Waals surface area contributed by atoms with Crippen molar-refractivity contribution >= 4 is 17.5 Å². The monoisotopic (exact) mass is 388 g/mol. The Balaban J connectivity index is 1.44. The minimum atomic E-state index is -0.225. The zero-order valence-corrected chi connectivity index (χ0v) is 15.7. The second-order valence-corrected chi connectivity index (χ2v) is 7.29. The number of nitrogens with one attached hydrogen (secondary N) is 1. The number of benzene rings is 1. The zero-order valence-electron chi connectivity index (χ0n) is 15.7. The maximum absolute atomic E-state index is 5.66. The SMILES string of the molecule is NC1=NC=C(c2ccc(C3(c4noc(-c5cnc(N)nc5)n4)CCC3)cc2)CN1. The molecule has 0 bridgehead atoms. The van der Waals surface area contributed by atoms with Crippen LogP contribution in [0.5, 0.6) is 0 Å². The third-order valence-corrected chi connectivity index (χ3v) is 5.61. The van der Waals surface area contributed by atoms with Gasteiger partial charge >= 0.3 is 0 Å². The topological polar surface area (TPSA) is 141 Å². The first kappa shape index (κ1) is 17.4. The van der Waals surface area contributed by atoms with E-state index in [1.807, 2.05) is 0 Å². The van der Waals surface area contributed by atoms with Crippen molar-refractivity contribution < 1.29 is 4.52 Å². The van der Waals surface area contributed by atoms with Crippen LogP contribution in [0.4, 0.5) is 5.95 Å². The molecule has 3 heterocycles. The molecule has 9 nitrogen and oxygen atoms in total. The molecule has 0 spiro atoms. The number of nitrogens with zero attached hydrogens (tertiary/aromatic N) is 5. The van der Waals surface area contributed by atoms with Crippen LogP contribution >= 0.6 is 0 Å². The van der Waals surface area contributed by atoms with Gasteiger partial charge < -0.3 is 21.3 Å². The number of nitrogen functional groups attached to an aromatic ring is 1. The highest BCUT2D eigenvalue weighted by Gasteiger charge is 2.44. The first-order valence-electron chi connectivity index (χ1n) is 9.43. The molecule has 1 aliphatic heterocycles. The van der Waals surface area contributed by atoms with Gasteiger partial charge in [-0.1, -0.05) is 35.8 Å². The third-order valence-electron chi connectivity index (χ3n) is 5.61. The molecule has 3 aromatic rings. The molecule has 1 aromatic carbocycles. The van der Waals surface area contributed by atoms with Crippen molar-refractivity contribution in [1.82, 2.24) is 25.4 Å². The summed E-state index contributed by atoms with van der Waals surface area (Å²) in [6, 6.07) is 8.49. The Kier molecular flexibility index (Phi) is 4.01. The van der Waals surface area contributed by atoms with Gasteiger partial charge in [-0.15, -0.1) is 0 Å². The molecular formula is C20H20N8O. The summed E-state index contributed by atoms with van der Waals surface area (Å²) in [5, 5.41) is 7.33. The van der Waals surface area contributed by atoms with Crippen LogP contribution < -0.4 is 16.8 Å². The average Bonchev–Trinajstić information content (AvgIpc) is 3.19. The normalized spacial score (nSPS) is 17.7. The van der Waals surface area contributed by atoms with Crippen molar-refractivity contribution in [2.45, 2.75) is 24.7 Å². The fraction of sp³-hybridized carbons (Fsp3) is 0.250. The molecule has 1 saturated carbocycles. The lowest BCUT2D eigenvalue weighted by Crippen LogP contribution is -2.36. The van der Waals surface area contributed by atoms with Crippen LogP contribution in [-0.2, 0) is 5.41 Å². The summed E-state index contributed by atoms with van der Waals surface area (Å²) in [6.07, 6.45) is 8.06. The van der Waals surface area contributed by atoms with E-state index in [0.717, 1.165) is 30.4 Å². The van der Waals surface area contributed by atoms with E-state index in [2.05, 4.69) is 54.7 Å². The Hall–Kier alpha value is -3.75. The van der Waals surface area contributed by atoms with E-state index >= 15 is 0 Å². The second-order valence-electron chi connectivity index (χ2n) is 7.29. The number of rotatable bonds is 4. The minimum absolute atomic E-state index is 0.209. The Morgan fingerprint density at radius 1 is 1.00 bits per heavy atom. The van der Waals surface area contributed by atoms with Crippen LogP contribution in [0.25, 0.3) is 17.0 Å². The van der Waals surface area contributed by atoms with Crippen molar-refractivity contribution in [2.75, 3.05) is 12.3 Å². The van der Waals surface area contributed by atoms with Gasteiger partial charge in [0, 0.05) is 25.1 Å². The maximum atomic E-state index is 5.66. The average molecular weight is 388 g/mol. The largest absolute Gasteiger partial charge is 0.370 e. The van der Waals surface area contributed by atoms with Crippen molar-refractivity contribution in [1.29, 1.82) is 0 Å². The molecule has 0 saturated heterocycles. The number of guanidine groups is 1. The van der Waals surface area contributed by atoms with Crippen LogP contribution in [0, 0.1) is 0 Å². The van der Waals surface area contributed by atoms with Gasteiger partial charge in [0.1, 0.15) is 0 Å². The molecule has 0 radical (unpaired) electrons. The second kappa shape index (κ2) is 6.69. The molecule has 1 fully saturated rings. The van der Waals surface area contributed by atoms with Crippen molar-refractivity contribution in [3.63, 3.8) is 0 Å². The van der Waals surface area contributed by atoms with E-state index in [1.54, 1.807) is 18.6 Å². The Morgan fingerprint density at radius 3 is 2.38 bits per heavy atom. The first-order chi connectivity index (χ1) is 14.1. The van der Waals surface area contributed by atoms with Gasteiger partial charge in [0.2, 0.25) is 5.95 Å². The van der Waals surface area contributed by atoms with E-state index < -0.39 is 0 Å². The lowest BCUT2D eigenvalue weighted by Gasteiger charge is -2.39. The summed E-state index contributed by atoms with van der Waals surface area (Å²) in [6.45, 7) is 0.664. The number of anilines is 1. The Labute approximate surface area is 167 Å². The van der Waals surface area contributed by atoms with E-state index in [1.165, 1.54) is 5.56 Å². The van der Waals surface area contributed by atoms with Crippen LogP contribution in [0.1, 0.15) is 36.2 Å². The zero-order chi connectivity index (χ0) is 19.8. The highest BCUT2D eigenvalue weighted by molar-refractivity contribution is 5.84. The molecule has 0 amide bonds. The molecule has 1 aliphatic carbocycles. The van der Waals surface area contributed by atoms with Gasteiger partial charge in [-0.3, -0.25) is 0 Å². The quantitative estimate of drug-likeness (QED) is 0.615. The Morgan fingerprint density at radius 2 is 1.76 bits per heavy atom. The smallest absolute Gasteiger partial charge is 0.261 e. The fourth-order valence-electron chi connectivity index (χ4n) is 3.76. The van der Waals surface area contributed by atoms with Crippen molar-refractivity contribution in [3.8, 4) is 11.5 Å². The molecular weight excluding hydrogens is 368 g/mol. The van der Waals surface area contributed by atoms with Gasteiger partial charge in [-0.25, -0.2) is 15.0 Å². The van der Waals surface area contributed by atoms with E-state index in [0.29, 0.717) is 29.8 Å². The Bertz CT molecular complexity index is 1090. The molecule has 0 atom stereocenters. The van der Waals surface area contributed by atoms with Gasteiger partial charge in [0.25, 0.3) is 5.89 Å². The third kappa shape index (κ3) is 3.00. The van der Waals surface area contributed by atoms with Crippen LogP contribution in [0.15, 0.2) is 52.4 Å². The number of hydrogen-bond donors (Lipinski definition) is 3. The number of nitrogens with two attached hydrogens (primary N) is 2. The van der Waals surface area contributed by atoms with E-state index in [-0.39, 0.29) is 11.4 Å². The van der Waals surface area contributed by atoms with Gasteiger partial charge in [-0.05, 0) is 29.5 Å². The van der Waals surface area contributed by atoms with Crippen molar-refractivity contribution in [2.24, 2.45) is 10.7 Å². The van der Waals surface area contributed by atoms with Gasteiger partial charge in [0.05, 0.1) is 11.0 Å². The molecule has 29 heavy (non-hydrogen) atoms. The summed E-state index contributed by atoms with van der Waals surface area (Å²) in [5.74, 6) is 1.75. The van der Waals surface area contributed by atoms with Gasteiger partial charge in [0.15, 0.2) is 11.8 Å². The van der Waals surface area contributed by atoms with Gasteiger partial charge in [-0.2, -0.15) is 4.98 Å². The summed E-state index contributed by atoms with van der Waals surface area (Å²) >= 11 is 0.